The predicted octanol–water partition coefficient (Wildman–Crippen LogP) is 4.47. The van der Waals surface area contributed by atoms with Crippen LogP contribution in [0.4, 0.5) is 0 Å². The number of thiazole rings is 1. The van der Waals surface area contributed by atoms with Gasteiger partial charge in [0.05, 0.1) is 24.9 Å². The Morgan fingerprint density at radius 3 is 2.77 bits per heavy atom. The Hall–Kier alpha value is -1.80. The number of hydrogen-bond acceptors (Lipinski definition) is 6. The fourth-order valence-corrected chi connectivity index (χ4v) is 6.57. The molecule has 0 radical (unpaired) electrons. The molecule has 1 unspecified atom stereocenters. The minimum Gasteiger partial charge on any atom is -0.379 e. The van der Waals surface area contributed by atoms with Crippen LogP contribution in [0.3, 0.4) is 0 Å². The molecule has 0 spiro atoms. The molecular formula is C24H31N5OS. The van der Waals surface area contributed by atoms with E-state index in [2.05, 4.69) is 39.0 Å². The Bertz CT molecular complexity index is 1030. The molecule has 1 aliphatic carbocycles. The van der Waals surface area contributed by atoms with Crippen LogP contribution in [0.2, 0.25) is 0 Å². The molecule has 2 N–H and O–H groups in total. The second-order valence-electron chi connectivity index (χ2n) is 9.24. The van der Waals surface area contributed by atoms with Gasteiger partial charge in [-0.3, -0.25) is 4.90 Å². The number of nitrogens with zero attached hydrogens (tertiary/aromatic N) is 3. The van der Waals surface area contributed by atoms with Gasteiger partial charge in [0.25, 0.3) is 0 Å². The molecule has 2 aliphatic heterocycles. The number of rotatable bonds is 4. The van der Waals surface area contributed by atoms with E-state index in [1.807, 2.05) is 0 Å². The van der Waals surface area contributed by atoms with Crippen molar-refractivity contribution in [2.45, 2.75) is 56.5 Å². The Labute approximate surface area is 187 Å². The van der Waals surface area contributed by atoms with Crippen LogP contribution in [0.5, 0.6) is 0 Å². The van der Waals surface area contributed by atoms with Crippen LogP contribution in [0, 0.1) is 0 Å². The number of aromatic nitrogens is 3. The van der Waals surface area contributed by atoms with Crippen molar-refractivity contribution in [3.05, 3.63) is 34.4 Å². The van der Waals surface area contributed by atoms with Gasteiger partial charge in [0.15, 0.2) is 0 Å². The maximum absolute atomic E-state index is 5.53. The van der Waals surface area contributed by atoms with Crippen molar-refractivity contribution in [3.63, 3.8) is 0 Å². The molecule has 6 nitrogen and oxygen atoms in total. The summed E-state index contributed by atoms with van der Waals surface area (Å²) in [7, 11) is 0. The van der Waals surface area contributed by atoms with E-state index in [4.69, 9.17) is 14.7 Å². The lowest BCUT2D eigenvalue weighted by atomic mass is 9.81. The number of fused-ring (bicyclic) bond motifs is 1. The van der Waals surface area contributed by atoms with E-state index in [9.17, 15) is 0 Å². The molecule has 1 atom stereocenters. The van der Waals surface area contributed by atoms with E-state index in [1.54, 1.807) is 11.3 Å². The number of H-pyrrole nitrogens is 1. The highest BCUT2D eigenvalue weighted by atomic mass is 32.1. The SMILES string of the molecule is c1nc2[nH]cc(-c3csc(C4CCCN4)n3)c2cc1C1CCC(N2CCOCC2)CC1. The lowest BCUT2D eigenvalue weighted by molar-refractivity contribution is 0.00729. The zero-order valence-electron chi connectivity index (χ0n) is 18.0. The second kappa shape index (κ2) is 8.62. The first kappa shape index (κ1) is 19.9. The summed E-state index contributed by atoms with van der Waals surface area (Å²) in [6, 6.07) is 3.54. The van der Waals surface area contributed by atoms with E-state index in [0.29, 0.717) is 12.0 Å². The molecule has 7 heteroatoms. The summed E-state index contributed by atoms with van der Waals surface area (Å²) >= 11 is 1.78. The van der Waals surface area contributed by atoms with Crippen LogP contribution >= 0.6 is 11.3 Å². The van der Waals surface area contributed by atoms with E-state index in [0.717, 1.165) is 50.2 Å². The minimum atomic E-state index is 0.430. The van der Waals surface area contributed by atoms with Crippen molar-refractivity contribution in [3.8, 4) is 11.3 Å². The topological polar surface area (TPSA) is 66.1 Å². The quantitative estimate of drug-likeness (QED) is 0.630. The first-order valence-electron chi connectivity index (χ1n) is 11.8. The molecule has 3 aliphatic rings. The van der Waals surface area contributed by atoms with E-state index < -0.39 is 0 Å². The van der Waals surface area contributed by atoms with Gasteiger partial charge in [-0.25, -0.2) is 9.97 Å². The molecule has 0 aromatic carbocycles. The van der Waals surface area contributed by atoms with E-state index in [-0.39, 0.29) is 0 Å². The second-order valence-corrected chi connectivity index (χ2v) is 10.1. The van der Waals surface area contributed by atoms with Crippen molar-refractivity contribution in [2.24, 2.45) is 0 Å². The number of morpholine rings is 1. The van der Waals surface area contributed by atoms with Gasteiger partial charge in [-0.1, -0.05) is 0 Å². The van der Waals surface area contributed by atoms with Gasteiger partial charge in [-0.15, -0.1) is 11.3 Å². The zero-order valence-corrected chi connectivity index (χ0v) is 18.8. The molecule has 5 heterocycles. The standard InChI is InChI=1S/C24H31N5OS/c1-2-21(25-7-1)24-28-22(15-31-24)20-14-27-23-19(20)12-17(13-26-23)16-3-5-18(6-4-16)29-8-10-30-11-9-29/h12-16,18,21,25H,1-11H2,(H,26,27). The van der Waals surface area contributed by atoms with Gasteiger partial charge in [-0.2, -0.15) is 0 Å². The highest BCUT2D eigenvalue weighted by molar-refractivity contribution is 7.10. The number of aromatic amines is 1. The molecule has 31 heavy (non-hydrogen) atoms. The Morgan fingerprint density at radius 1 is 1.10 bits per heavy atom. The van der Waals surface area contributed by atoms with Crippen LogP contribution in [-0.2, 0) is 4.74 Å². The highest BCUT2D eigenvalue weighted by Gasteiger charge is 2.28. The summed E-state index contributed by atoms with van der Waals surface area (Å²) in [5.74, 6) is 0.616. The number of hydrogen-bond donors (Lipinski definition) is 2. The first-order chi connectivity index (χ1) is 15.3. The summed E-state index contributed by atoms with van der Waals surface area (Å²) < 4.78 is 5.53. The lowest BCUT2D eigenvalue weighted by Crippen LogP contribution is -2.44. The summed E-state index contributed by atoms with van der Waals surface area (Å²) in [5.41, 5.74) is 4.62. The van der Waals surface area contributed by atoms with Gasteiger partial charge in [0.1, 0.15) is 10.7 Å². The van der Waals surface area contributed by atoms with Crippen molar-refractivity contribution in [1.82, 2.24) is 25.2 Å². The number of ether oxygens (including phenoxy) is 1. The maximum Gasteiger partial charge on any atom is 0.137 e. The van der Waals surface area contributed by atoms with Crippen molar-refractivity contribution >= 4 is 22.4 Å². The lowest BCUT2D eigenvalue weighted by Gasteiger charge is -2.38. The van der Waals surface area contributed by atoms with Crippen LogP contribution in [0.25, 0.3) is 22.3 Å². The normalized spacial score (nSPS) is 27.8. The van der Waals surface area contributed by atoms with Crippen LogP contribution in [0.15, 0.2) is 23.8 Å². The first-order valence-corrected chi connectivity index (χ1v) is 12.7. The molecule has 164 valence electrons. The molecule has 3 aromatic rings. The smallest absolute Gasteiger partial charge is 0.137 e. The van der Waals surface area contributed by atoms with Crippen LogP contribution in [-0.4, -0.2) is 58.7 Å². The zero-order chi connectivity index (χ0) is 20.6. The van der Waals surface area contributed by atoms with Crippen molar-refractivity contribution in [1.29, 1.82) is 0 Å². The fourth-order valence-electron chi connectivity index (χ4n) is 5.64. The molecule has 1 saturated carbocycles. The fraction of sp³-hybridized carbons (Fsp3) is 0.583. The summed E-state index contributed by atoms with van der Waals surface area (Å²) in [4.78, 5) is 15.8. The number of pyridine rings is 1. The van der Waals surface area contributed by atoms with Gasteiger partial charge < -0.3 is 15.0 Å². The molecule has 3 aromatic heterocycles. The average molecular weight is 438 g/mol. The largest absolute Gasteiger partial charge is 0.379 e. The van der Waals surface area contributed by atoms with Crippen LogP contribution in [0.1, 0.15) is 61.1 Å². The van der Waals surface area contributed by atoms with Gasteiger partial charge >= 0.3 is 0 Å². The predicted molar refractivity (Wildman–Crippen MR) is 125 cm³/mol. The van der Waals surface area contributed by atoms with Gasteiger partial charge in [0.2, 0.25) is 0 Å². The monoisotopic (exact) mass is 437 g/mol. The van der Waals surface area contributed by atoms with E-state index >= 15 is 0 Å². The summed E-state index contributed by atoms with van der Waals surface area (Å²) in [6.45, 7) is 5.09. The molecule has 3 fully saturated rings. The van der Waals surface area contributed by atoms with E-state index in [1.165, 1.54) is 60.0 Å². The molecule has 0 bridgehead atoms. The van der Waals surface area contributed by atoms with Gasteiger partial charge in [-0.05, 0) is 62.6 Å². The summed E-state index contributed by atoms with van der Waals surface area (Å²) in [6.07, 6.45) is 11.7. The van der Waals surface area contributed by atoms with Crippen molar-refractivity contribution < 1.29 is 4.74 Å². The third-order valence-electron chi connectivity index (χ3n) is 7.44. The minimum absolute atomic E-state index is 0.430. The molecule has 0 amide bonds. The molecule has 2 saturated heterocycles. The third kappa shape index (κ3) is 3.93. The van der Waals surface area contributed by atoms with Crippen LogP contribution < -0.4 is 5.32 Å². The Morgan fingerprint density at radius 2 is 1.97 bits per heavy atom. The summed E-state index contributed by atoms with van der Waals surface area (Å²) in [5, 5.41) is 8.20. The van der Waals surface area contributed by atoms with Gasteiger partial charge in [0, 0.05) is 47.9 Å². The third-order valence-corrected chi connectivity index (χ3v) is 8.40. The molecular weight excluding hydrogens is 406 g/mol. The highest BCUT2D eigenvalue weighted by Crippen LogP contribution is 2.38. The maximum atomic E-state index is 5.53. The average Bonchev–Trinajstić information content (AvgIpc) is 3.59. The Kier molecular flexibility index (Phi) is 5.52. The molecule has 6 rings (SSSR count). The Balaban J connectivity index is 1.20. The van der Waals surface area contributed by atoms with Crippen molar-refractivity contribution in [2.75, 3.05) is 32.8 Å². The number of nitrogens with one attached hydrogen (secondary N) is 2.